The van der Waals surface area contributed by atoms with Gasteiger partial charge >= 0.3 is 12.0 Å². The van der Waals surface area contributed by atoms with E-state index in [4.69, 9.17) is 9.84 Å². The fourth-order valence-electron chi connectivity index (χ4n) is 2.30. The third-order valence-corrected chi connectivity index (χ3v) is 4.12. The summed E-state index contributed by atoms with van der Waals surface area (Å²) in [5.41, 5.74) is 0.609. The van der Waals surface area contributed by atoms with Crippen molar-refractivity contribution in [3.8, 4) is 5.75 Å². The quantitative estimate of drug-likeness (QED) is 0.872. The summed E-state index contributed by atoms with van der Waals surface area (Å²) in [7, 11) is 1.55. The summed E-state index contributed by atoms with van der Waals surface area (Å²) in [6.45, 7) is 0.818. The van der Waals surface area contributed by atoms with Gasteiger partial charge in [-0.2, -0.15) is 0 Å². The van der Waals surface area contributed by atoms with Crippen LogP contribution in [0.2, 0.25) is 0 Å². The Morgan fingerprint density at radius 2 is 2.24 bits per heavy atom. The summed E-state index contributed by atoms with van der Waals surface area (Å²) in [5.74, 6) is -0.711. The van der Waals surface area contributed by atoms with E-state index in [1.54, 1.807) is 25.3 Å². The van der Waals surface area contributed by atoms with Gasteiger partial charge in [0.15, 0.2) is 0 Å². The zero-order chi connectivity index (χ0) is 15.4. The maximum absolute atomic E-state index is 12.2. The van der Waals surface area contributed by atoms with Crippen molar-refractivity contribution < 1.29 is 19.4 Å². The lowest BCUT2D eigenvalue weighted by Crippen LogP contribution is -2.44. The van der Waals surface area contributed by atoms with Crippen molar-refractivity contribution in [3.63, 3.8) is 0 Å². The lowest BCUT2D eigenvalue weighted by atomic mass is 9.99. The van der Waals surface area contributed by atoms with E-state index < -0.39 is 11.9 Å². The number of methoxy groups -OCH3 is 1. The Morgan fingerprint density at radius 1 is 1.48 bits per heavy atom. The molecule has 2 N–H and O–H groups in total. The van der Waals surface area contributed by atoms with Crippen LogP contribution in [0.25, 0.3) is 0 Å². The molecule has 1 aromatic carbocycles. The molecule has 0 unspecified atom stereocenters. The van der Waals surface area contributed by atoms with Gasteiger partial charge in [-0.05, 0) is 40.9 Å². The van der Waals surface area contributed by atoms with E-state index in [2.05, 4.69) is 21.2 Å². The number of nitrogens with zero attached hydrogens (tertiary/aromatic N) is 1. The number of rotatable bonds is 3. The van der Waals surface area contributed by atoms with Crippen molar-refractivity contribution >= 4 is 33.6 Å². The predicted molar refractivity (Wildman–Crippen MR) is 81.6 cm³/mol. The first kappa shape index (κ1) is 15.6. The molecule has 1 aliphatic heterocycles. The number of carboxylic acids is 1. The van der Waals surface area contributed by atoms with E-state index in [1.807, 2.05) is 0 Å². The largest absolute Gasteiger partial charge is 0.495 e. The van der Waals surface area contributed by atoms with Crippen LogP contribution in [0.15, 0.2) is 22.7 Å². The monoisotopic (exact) mass is 356 g/mol. The molecular weight excluding hydrogens is 340 g/mol. The molecular formula is C14H17BrN2O4. The first-order valence-electron chi connectivity index (χ1n) is 6.63. The second-order valence-corrected chi connectivity index (χ2v) is 5.76. The molecule has 0 spiro atoms. The molecule has 1 fully saturated rings. The van der Waals surface area contributed by atoms with Gasteiger partial charge in [0.05, 0.1) is 17.5 Å². The number of carbonyl (C=O) groups excluding carboxylic acids is 1. The number of halogens is 1. The first-order chi connectivity index (χ1) is 10.0. The molecule has 1 saturated heterocycles. The van der Waals surface area contributed by atoms with Crippen LogP contribution in [0.5, 0.6) is 5.75 Å². The number of anilines is 1. The smallest absolute Gasteiger partial charge is 0.321 e. The van der Waals surface area contributed by atoms with E-state index >= 15 is 0 Å². The topological polar surface area (TPSA) is 78.9 Å². The van der Waals surface area contributed by atoms with E-state index in [0.29, 0.717) is 30.8 Å². The van der Waals surface area contributed by atoms with Crippen LogP contribution in [0, 0.1) is 5.92 Å². The molecule has 114 valence electrons. The second-order valence-electron chi connectivity index (χ2n) is 4.90. The van der Waals surface area contributed by atoms with Gasteiger partial charge in [0.2, 0.25) is 0 Å². The Labute approximate surface area is 131 Å². The summed E-state index contributed by atoms with van der Waals surface area (Å²) in [4.78, 5) is 24.7. The van der Waals surface area contributed by atoms with Gasteiger partial charge in [0.1, 0.15) is 5.75 Å². The number of urea groups is 1. The number of benzene rings is 1. The predicted octanol–water partition coefficient (Wildman–Crippen LogP) is 2.79. The highest BCUT2D eigenvalue weighted by Crippen LogP contribution is 2.28. The molecule has 6 nitrogen and oxygen atoms in total. The van der Waals surface area contributed by atoms with E-state index in [1.165, 1.54) is 4.90 Å². The average molecular weight is 357 g/mol. The molecule has 0 radical (unpaired) electrons. The van der Waals surface area contributed by atoms with Crippen molar-refractivity contribution in [1.29, 1.82) is 0 Å². The van der Waals surface area contributed by atoms with Crippen molar-refractivity contribution in [1.82, 2.24) is 4.90 Å². The average Bonchev–Trinajstić information content (AvgIpc) is 2.49. The molecule has 2 amide bonds. The number of ether oxygens (including phenoxy) is 1. The number of amides is 2. The van der Waals surface area contributed by atoms with Gasteiger partial charge in [0, 0.05) is 24.8 Å². The van der Waals surface area contributed by atoms with Crippen LogP contribution in [0.1, 0.15) is 12.8 Å². The van der Waals surface area contributed by atoms with Crippen LogP contribution in [0.4, 0.5) is 10.5 Å². The molecule has 0 aromatic heterocycles. The zero-order valence-electron chi connectivity index (χ0n) is 11.6. The SMILES string of the molecule is COc1cc(NC(=O)N2CCC[C@H](C(=O)O)C2)ccc1Br. The summed E-state index contributed by atoms with van der Waals surface area (Å²) in [5, 5.41) is 11.8. The zero-order valence-corrected chi connectivity index (χ0v) is 13.2. The van der Waals surface area contributed by atoms with Gasteiger partial charge in [-0.3, -0.25) is 4.79 Å². The molecule has 21 heavy (non-hydrogen) atoms. The van der Waals surface area contributed by atoms with Crippen molar-refractivity contribution in [2.75, 3.05) is 25.5 Å². The lowest BCUT2D eigenvalue weighted by Gasteiger charge is -2.30. The Hall–Kier alpha value is -1.76. The normalized spacial score (nSPS) is 18.2. The third-order valence-electron chi connectivity index (χ3n) is 3.46. The van der Waals surface area contributed by atoms with Gasteiger partial charge in [-0.15, -0.1) is 0 Å². The van der Waals surface area contributed by atoms with Crippen LogP contribution in [-0.2, 0) is 4.79 Å². The molecule has 0 aliphatic carbocycles. The van der Waals surface area contributed by atoms with Gasteiger partial charge in [-0.25, -0.2) is 4.79 Å². The number of carbonyl (C=O) groups is 2. The lowest BCUT2D eigenvalue weighted by molar-refractivity contribution is -0.143. The summed E-state index contributed by atoms with van der Waals surface area (Å²) < 4.78 is 5.97. The van der Waals surface area contributed by atoms with E-state index in [9.17, 15) is 9.59 Å². The molecule has 1 aliphatic rings. The van der Waals surface area contributed by atoms with E-state index in [0.717, 1.165) is 4.47 Å². The fourth-order valence-corrected chi connectivity index (χ4v) is 2.71. The fraction of sp³-hybridized carbons (Fsp3) is 0.429. The summed E-state index contributed by atoms with van der Waals surface area (Å²) in [6, 6.07) is 4.96. The Kier molecular flexibility index (Phi) is 5.06. The Morgan fingerprint density at radius 3 is 2.90 bits per heavy atom. The maximum atomic E-state index is 12.2. The molecule has 0 saturated carbocycles. The molecule has 0 bridgehead atoms. The number of likely N-dealkylation sites (tertiary alicyclic amines) is 1. The van der Waals surface area contributed by atoms with Crippen LogP contribution >= 0.6 is 15.9 Å². The minimum absolute atomic E-state index is 0.245. The van der Waals surface area contributed by atoms with Gasteiger partial charge in [0.25, 0.3) is 0 Å². The molecule has 2 rings (SSSR count). The standard InChI is InChI=1S/C14H17BrN2O4/c1-21-12-7-10(4-5-11(12)15)16-14(20)17-6-2-3-9(8-17)13(18)19/h4-5,7,9H,2-3,6,8H2,1H3,(H,16,20)(H,18,19)/t9-/m0/s1. The number of aliphatic carboxylic acids is 1. The van der Waals surface area contributed by atoms with Gasteiger partial charge < -0.3 is 20.1 Å². The second kappa shape index (κ2) is 6.80. The number of carboxylic acid groups (broad SMARTS) is 1. The van der Waals surface area contributed by atoms with Crippen LogP contribution < -0.4 is 10.1 Å². The van der Waals surface area contributed by atoms with Crippen molar-refractivity contribution in [3.05, 3.63) is 22.7 Å². The molecule has 1 atom stereocenters. The molecule has 1 aromatic rings. The van der Waals surface area contributed by atoms with Gasteiger partial charge in [-0.1, -0.05) is 0 Å². The van der Waals surface area contributed by atoms with Crippen molar-refractivity contribution in [2.45, 2.75) is 12.8 Å². The number of nitrogens with one attached hydrogen (secondary N) is 1. The minimum Gasteiger partial charge on any atom is -0.495 e. The highest BCUT2D eigenvalue weighted by atomic mass is 79.9. The highest BCUT2D eigenvalue weighted by Gasteiger charge is 2.28. The first-order valence-corrected chi connectivity index (χ1v) is 7.43. The summed E-state index contributed by atoms with van der Waals surface area (Å²) in [6.07, 6.45) is 1.32. The van der Waals surface area contributed by atoms with Crippen LogP contribution in [0.3, 0.4) is 0 Å². The third kappa shape index (κ3) is 3.87. The highest BCUT2D eigenvalue weighted by molar-refractivity contribution is 9.10. The Balaban J connectivity index is 2.02. The van der Waals surface area contributed by atoms with E-state index in [-0.39, 0.29) is 12.6 Å². The minimum atomic E-state index is -0.849. The number of hydrogen-bond donors (Lipinski definition) is 2. The maximum Gasteiger partial charge on any atom is 0.321 e. The number of hydrogen-bond acceptors (Lipinski definition) is 3. The Bertz CT molecular complexity index is 550. The molecule has 7 heteroatoms. The van der Waals surface area contributed by atoms with Crippen LogP contribution in [-0.4, -0.2) is 42.2 Å². The number of piperidine rings is 1. The molecule has 1 heterocycles. The van der Waals surface area contributed by atoms with Crippen molar-refractivity contribution in [2.24, 2.45) is 5.92 Å². The summed E-state index contributed by atoms with van der Waals surface area (Å²) >= 11 is 3.34.